The second-order valence-electron chi connectivity index (χ2n) is 3.87. The second kappa shape index (κ2) is 8.91. The van der Waals surface area contributed by atoms with Gasteiger partial charge in [-0.05, 0) is 19.4 Å². The van der Waals surface area contributed by atoms with Crippen LogP contribution in [0.25, 0.3) is 0 Å². The van der Waals surface area contributed by atoms with Crippen molar-refractivity contribution >= 4 is 24.3 Å². The van der Waals surface area contributed by atoms with Crippen LogP contribution in [0.4, 0.5) is 0 Å². The van der Waals surface area contributed by atoms with E-state index in [2.05, 4.69) is 4.90 Å². The van der Waals surface area contributed by atoms with Crippen LogP contribution in [0, 0.1) is 0 Å². The largest absolute Gasteiger partial charge is 0.478 e. The number of nitrogens with zero attached hydrogens (tertiary/aromatic N) is 1. The summed E-state index contributed by atoms with van der Waals surface area (Å²) in [6.07, 6.45) is 1.69. The minimum Gasteiger partial charge on any atom is -0.478 e. The Labute approximate surface area is 112 Å². The molecule has 0 aromatic carbocycles. The number of hydrogen-bond acceptors (Lipinski definition) is 4. The molecule has 104 valence electrons. The highest BCUT2D eigenvalue weighted by molar-refractivity contribution is 5.94. The third kappa shape index (κ3) is 6.58. The molecule has 1 saturated heterocycles. The highest BCUT2D eigenvalue weighted by atomic mass is 35.5. The summed E-state index contributed by atoms with van der Waals surface area (Å²) in [5.41, 5.74) is -0.0502. The van der Waals surface area contributed by atoms with E-state index < -0.39 is 11.9 Å². The number of hydrogen-bond donors (Lipinski definition) is 2. The van der Waals surface area contributed by atoms with Crippen molar-refractivity contribution in [3.63, 3.8) is 0 Å². The number of aliphatic carboxylic acids is 2. The third-order valence-corrected chi connectivity index (χ3v) is 2.60. The van der Waals surface area contributed by atoms with Gasteiger partial charge in [0.15, 0.2) is 0 Å². The van der Waals surface area contributed by atoms with Crippen molar-refractivity contribution in [2.24, 2.45) is 0 Å². The zero-order chi connectivity index (χ0) is 12.7. The van der Waals surface area contributed by atoms with Gasteiger partial charge in [0.1, 0.15) is 0 Å². The van der Waals surface area contributed by atoms with Gasteiger partial charge in [0, 0.05) is 24.7 Å². The van der Waals surface area contributed by atoms with Gasteiger partial charge in [-0.3, -0.25) is 4.90 Å². The van der Waals surface area contributed by atoms with E-state index in [1.54, 1.807) is 0 Å². The van der Waals surface area contributed by atoms with Crippen LogP contribution in [-0.2, 0) is 14.3 Å². The first-order valence-corrected chi connectivity index (χ1v) is 5.56. The third-order valence-electron chi connectivity index (χ3n) is 2.60. The quantitative estimate of drug-likeness (QED) is 0.693. The van der Waals surface area contributed by atoms with Gasteiger partial charge in [0.05, 0.1) is 13.2 Å². The number of carboxylic acid groups (broad SMARTS) is 2. The molecule has 18 heavy (non-hydrogen) atoms. The average molecular weight is 280 g/mol. The van der Waals surface area contributed by atoms with Crippen LogP contribution in [0.1, 0.15) is 12.8 Å². The Bertz CT molecular complexity index is 313. The maximum absolute atomic E-state index is 10.8. The molecule has 1 aliphatic rings. The summed E-state index contributed by atoms with van der Waals surface area (Å²) in [5.74, 6) is -2.37. The molecule has 0 amide bonds. The van der Waals surface area contributed by atoms with Crippen LogP contribution in [0.3, 0.4) is 0 Å². The van der Waals surface area contributed by atoms with Crippen LogP contribution in [0.2, 0.25) is 0 Å². The Hall–Kier alpha value is -1.11. The van der Waals surface area contributed by atoms with Crippen molar-refractivity contribution in [3.05, 3.63) is 11.6 Å². The second-order valence-corrected chi connectivity index (χ2v) is 3.87. The van der Waals surface area contributed by atoms with Crippen molar-refractivity contribution in [3.8, 4) is 0 Å². The lowest BCUT2D eigenvalue weighted by atomic mass is 10.1. The molecule has 0 saturated carbocycles. The van der Waals surface area contributed by atoms with E-state index in [4.69, 9.17) is 14.9 Å². The van der Waals surface area contributed by atoms with Crippen LogP contribution in [0.15, 0.2) is 11.6 Å². The van der Waals surface area contributed by atoms with E-state index in [0.717, 1.165) is 25.7 Å². The molecule has 1 rings (SSSR count). The molecule has 7 heteroatoms. The normalized spacial score (nSPS) is 17.0. The van der Waals surface area contributed by atoms with Crippen LogP contribution in [-0.4, -0.2) is 59.9 Å². The molecule has 0 aromatic rings. The summed E-state index contributed by atoms with van der Waals surface area (Å²) in [6, 6.07) is 0. The molecular weight excluding hydrogens is 262 g/mol. The minimum atomic E-state index is -1.21. The van der Waals surface area contributed by atoms with Gasteiger partial charge in [0.2, 0.25) is 0 Å². The van der Waals surface area contributed by atoms with Gasteiger partial charge >= 0.3 is 11.9 Å². The number of rotatable bonds is 6. The number of morpholine rings is 1. The van der Waals surface area contributed by atoms with Crippen LogP contribution >= 0.6 is 12.4 Å². The predicted molar refractivity (Wildman–Crippen MR) is 67.1 cm³/mol. The molecular formula is C11H18ClNO5. The zero-order valence-corrected chi connectivity index (χ0v) is 10.8. The smallest absolute Gasteiger partial charge is 0.331 e. The molecule has 0 aliphatic carbocycles. The average Bonchev–Trinajstić information content (AvgIpc) is 2.28. The zero-order valence-electron chi connectivity index (χ0n) is 10.0. The van der Waals surface area contributed by atoms with Crippen molar-refractivity contribution in [2.45, 2.75) is 12.8 Å². The molecule has 0 spiro atoms. The van der Waals surface area contributed by atoms with E-state index in [1.165, 1.54) is 0 Å². The van der Waals surface area contributed by atoms with E-state index in [9.17, 15) is 9.59 Å². The van der Waals surface area contributed by atoms with Crippen molar-refractivity contribution in [1.29, 1.82) is 0 Å². The Balaban J connectivity index is 0.00000289. The molecule has 1 heterocycles. The van der Waals surface area contributed by atoms with E-state index in [1.807, 2.05) is 0 Å². The van der Waals surface area contributed by atoms with Gasteiger partial charge in [-0.2, -0.15) is 0 Å². The molecule has 0 radical (unpaired) electrons. The Morgan fingerprint density at radius 3 is 2.33 bits per heavy atom. The first kappa shape index (κ1) is 16.9. The Morgan fingerprint density at radius 2 is 1.83 bits per heavy atom. The van der Waals surface area contributed by atoms with Gasteiger partial charge in [0.25, 0.3) is 0 Å². The Morgan fingerprint density at radius 1 is 1.22 bits per heavy atom. The van der Waals surface area contributed by atoms with Gasteiger partial charge in [-0.1, -0.05) is 0 Å². The highest BCUT2D eigenvalue weighted by Crippen LogP contribution is 2.07. The first-order chi connectivity index (χ1) is 8.09. The summed E-state index contributed by atoms with van der Waals surface area (Å²) in [6.45, 7) is 3.89. The van der Waals surface area contributed by atoms with Crippen molar-refractivity contribution < 1.29 is 24.5 Å². The number of carboxylic acids is 2. The summed E-state index contributed by atoms with van der Waals surface area (Å²) < 4.78 is 5.19. The summed E-state index contributed by atoms with van der Waals surface area (Å²) >= 11 is 0. The molecule has 2 N–H and O–H groups in total. The molecule has 0 unspecified atom stereocenters. The van der Waals surface area contributed by atoms with Gasteiger partial charge in [-0.25, -0.2) is 9.59 Å². The predicted octanol–water partition coefficient (Wildman–Crippen LogP) is 0.616. The SMILES string of the molecule is Cl.O=C(O)/C=C(\CCCN1CCOCC1)C(=O)O. The summed E-state index contributed by atoms with van der Waals surface area (Å²) in [7, 11) is 0. The molecule has 0 bridgehead atoms. The molecule has 1 aliphatic heterocycles. The van der Waals surface area contributed by atoms with Crippen molar-refractivity contribution in [1.82, 2.24) is 4.90 Å². The van der Waals surface area contributed by atoms with E-state index >= 15 is 0 Å². The topological polar surface area (TPSA) is 87.1 Å². The van der Waals surface area contributed by atoms with Crippen LogP contribution in [0.5, 0.6) is 0 Å². The number of ether oxygens (including phenoxy) is 1. The lowest BCUT2D eigenvalue weighted by molar-refractivity contribution is -0.135. The summed E-state index contributed by atoms with van der Waals surface area (Å²) in [4.78, 5) is 23.3. The minimum absolute atomic E-state index is 0. The van der Waals surface area contributed by atoms with E-state index in [-0.39, 0.29) is 24.4 Å². The number of carbonyl (C=O) groups is 2. The standard InChI is InChI=1S/C11H17NO5.ClH/c13-10(14)8-9(11(15)16)2-1-3-12-4-6-17-7-5-12;/h8H,1-7H2,(H,13,14)(H,15,16);1H/b9-8+;. The molecule has 0 atom stereocenters. The van der Waals surface area contributed by atoms with Gasteiger partial charge < -0.3 is 14.9 Å². The van der Waals surface area contributed by atoms with Crippen molar-refractivity contribution in [2.75, 3.05) is 32.8 Å². The lowest BCUT2D eigenvalue weighted by Gasteiger charge is -2.26. The van der Waals surface area contributed by atoms with E-state index in [0.29, 0.717) is 19.6 Å². The fraction of sp³-hybridized carbons (Fsp3) is 0.636. The maximum Gasteiger partial charge on any atom is 0.331 e. The van der Waals surface area contributed by atoms with Gasteiger partial charge in [-0.15, -0.1) is 12.4 Å². The fourth-order valence-electron chi connectivity index (χ4n) is 1.71. The first-order valence-electron chi connectivity index (χ1n) is 5.56. The number of halogens is 1. The maximum atomic E-state index is 10.8. The molecule has 6 nitrogen and oxygen atoms in total. The molecule has 1 fully saturated rings. The lowest BCUT2D eigenvalue weighted by Crippen LogP contribution is -2.36. The summed E-state index contributed by atoms with van der Waals surface area (Å²) in [5, 5.41) is 17.3. The fourth-order valence-corrected chi connectivity index (χ4v) is 1.71. The monoisotopic (exact) mass is 279 g/mol. The Kier molecular flexibility index (Phi) is 8.36. The molecule has 0 aromatic heterocycles. The van der Waals surface area contributed by atoms with Crippen LogP contribution < -0.4 is 0 Å². The highest BCUT2D eigenvalue weighted by Gasteiger charge is 2.12.